The number of anilines is 1. The molecule has 0 saturated heterocycles. The predicted octanol–water partition coefficient (Wildman–Crippen LogP) is 3.78. The van der Waals surface area contributed by atoms with E-state index >= 15 is 0 Å². The molecule has 0 unspecified atom stereocenters. The van der Waals surface area contributed by atoms with Crippen molar-refractivity contribution in [1.82, 2.24) is 0 Å². The van der Waals surface area contributed by atoms with Gasteiger partial charge >= 0.3 is 0 Å². The standard InChI is InChI=1S/C13H10ClF2NO/c14-10-2-1-3-12(17)13(10)18-7-8-4-5-9(15)6-11(8)16/h1-6H,7,17H2. The van der Waals surface area contributed by atoms with E-state index < -0.39 is 11.6 Å². The highest BCUT2D eigenvalue weighted by Crippen LogP contribution is 2.31. The van der Waals surface area contributed by atoms with Crippen LogP contribution in [0.5, 0.6) is 5.75 Å². The Balaban J connectivity index is 2.16. The van der Waals surface area contributed by atoms with E-state index in [1.807, 2.05) is 0 Å². The summed E-state index contributed by atoms with van der Waals surface area (Å²) in [7, 11) is 0. The Morgan fingerprint density at radius 2 is 1.94 bits per heavy atom. The van der Waals surface area contributed by atoms with E-state index in [2.05, 4.69) is 0 Å². The van der Waals surface area contributed by atoms with E-state index in [0.29, 0.717) is 16.5 Å². The first-order chi connectivity index (χ1) is 8.58. The first-order valence-corrected chi connectivity index (χ1v) is 5.56. The van der Waals surface area contributed by atoms with Crippen LogP contribution in [0.15, 0.2) is 36.4 Å². The summed E-state index contributed by atoms with van der Waals surface area (Å²) in [6, 6.07) is 8.21. The van der Waals surface area contributed by atoms with Crippen LogP contribution in [-0.4, -0.2) is 0 Å². The van der Waals surface area contributed by atoms with E-state index in [4.69, 9.17) is 22.1 Å². The summed E-state index contributed by atoms with van der Waals surface area (Å²) in [5.41, 5.74) is 6.28. The Morgan fingerprint density at radius 3 is 2.61 bits per heavy atom. The zero-order valence-corrected chi connectivity index (χ0v) is 10.0. The van der Waals surface area contributed by atoms with Crippen molar-refractivity contribution in [2.24, 2.45) is 0 Å². The number of hydrogen-bond donors (Lipinski definition) is 1. The van der Waals surface area contributed by atoms with Crippen molar-refractivity contribution < 1.29 is 13.5 Å². The summed E-state index contributed by atoms with van der Waals surface area (Å²) < 4.78 is 31.4. The van der Waals surface area contributed by atoms with E-state index in [1.165, 1.54) is 6.07 Å². The van der Waals surface area contributed by atoms with Gasteiger partial charge in [-0.05, 0) is 24.3 Å². The zero-order chi connectivity index (χ0) is 13.1. The minimum absolute atomic E-state index is 0.0694. The van der Waals surface area contributed by atoms with Gasteiger partial charge in [0.2, 0.25) is 0 Å². The number of hydrogen-bond acceptors (Lipinski definition) is 2. The molecule has 0 spiro atoms. The van der Waals surface area contributed by atoms with Gasteiger partial charge < -0.3 is 10.5 Å². The second-order valence-electron chi connectivity index (χ2n) is 3.68. The zero-order valence-electron chi connectivity index (χ0n) is 9.29. The van der Waals surface area contributed by atoms with E-state index in [1.54, 1.807) is 18.2 Å². The molecule has 2 aromatic carbocycles. The number of para-hydroxylation sites is 1. The fraction of sp³-hybridized carbons (Fsp3) is 0.0769. The maximum Gasteiger partial charge on any atom is 0.161 e. The average Bonchev–Trinajstić information content (AvgIpc) is 2.31. The normalized spacial score (nSPS) is 10.4. The molecule has 94 valence electrons. The Hall–Kier alpha value is -1.81. The topological polar surface area (TPSA) is 35.2 Å². The number of nitrogen functional groups attached to an aromatic ring is 1. The molecular weight excluding hydrogens is 260 g/mol. The van der Waals surface area contributed by atoms with Crippen molar-refractivity contribution >= 4 is 17.3 Å². The molecule has 2 rings (SSSR count). The SMILES string of the molecule is Nc1cccc(Cl)c1OCc1ccc(F)cc1F. The average molecular weight is 270 g/mol. The lowest BCUT2D eigenvalue weighted by Gasteiger charge is -2.11. The highest BCUT2D eigenvalue weighted by atomic mass is 35.5. The summed E-state index contributed by atoms with van der Waals surface area (Å²) >= 11 is 5.90. The lowest BCUT2D eigenvalue weighted by Crippen LogP contribution is -2.01. The predicted molar refractivity (Wildman–Crippen MR) is 66.6 cm³/mol. The van der Waals surface area contributed by atoms with Gasteiger partial charge in [0.15, 0.2) is 5.75 Å². The van der Waals surface area contributed by atoms with Gasteiger partial charge in [-0.2, -0.15) is 0 Å². The summed E-state index contributed by atoms with van der Waals surface area (Å²) in [5, 5.41) is 0.345. The Kier molecular flexibility index (Phi) is 3.67. The molecular formula is C13H10ClF2NO. The molecule has 0 aliphatic carbocycles. The lowest BCUT2D eigenvalue weighted by atomic mass is 10.2. The van der Waals surface area contributed by atoms with Gasteiger partial charge in [0.1, 0.15) is 18.2 Å². The molecule has 2 nitrogen and oxygen atoms in total. The van der Waals surface area contributed by atoms with Gasteiger partial charge in [-0.25, -0.2) is 8.78 Å². The smallest absolute Gasteiger partial charge is 0.161 e. The molecule has 2 N–H and O–H groups in total. The van der Waals surface area contributed by atoms with Crippen molar-refractivity contribution in [2.45, 2.75) is 6.61 Å². The van der Waals surface area contributed by atoms with Crippen LogP contribution in [0.4, 0.5) is 14.5 Å². The fourth-order valence-electron chi connectivity index (χ4n) is 1.47. The second kappa shape index (κ2) is 5.23. The number of ether oxygens (including phenoxy) is 1. The number of halogens is 3. The van der Waals surface area contributed by atoms with Gasteiger partial charge in [-0.1, -0.05) is 17.7 Å². The van der Waals surface area contributed by atoms with E-state index in [0.717, 1.165) is 12.1 Å². The van der Waals surface area contributed by atoms with E-state index in [9.17, 15) is 8.78 Å². The molecule has 0 heterocycles. The van der Waals surface area contributed by atoms with Crippen molar-refractivity contribution in [3.63, 3.8) is 0 Å². The molecule has 18 heavy (non-hydrogen) atoms. The summed E-state index contributed by atoms with van der Waals surface area (Å²) in [4.78, 5) is 0. The van der Waals surface area contributed by atoms with Crippen molar-refractivity contribution in [2.75, 3.05) is 5.73 Å². The first-order valence-electron chi connectivity index (χ1n) is 5.18. The summed E-state index contributed by atoms with van der Waals surface area (Å²) in [6.07, 6.45) is 0. The molecule has 0 aromatic heterocycles. The summed E-state index contributed by atoms with van der Waals surface area (Å²) in [5.74, 6) is -1.00. The monoisotopic (exact) mass is 269 g/mol. The molecule has 5 heteroatoms. The highest BCUT2D eigenvalue weighted by Gasteiger charge is 2.08. The third-order valence-electron chi connectivity index (χ3n) is 2.38. The van der Waals surface area contributed by atoms with Crippen LogP contribution in [-0.2, 0) is 6.61 Å². The summed E-state index contributed by atoms with van der Waals surface area (Å²) in [6.45, 7) is -0.0694. The number of benzene rings is 2. The van der Waals surface area contributed by atoms with Crippen LogP contribution in [0.25, 0.3) is 0 Å². The molecule has 0 bridgehead atoms. The maximum atomic E-state index is 13.4. The fourth-order valence-corrected chi connectivity index (χ4v) is 1.70. The Bertz CT molecular complexity index is 555. The molecule has 2 aromatic rings. The third-order valence-corrected chi connectivity index (χ3v) is 2.68. The molecule has 0 atom stereocenters. The molecule has 0 aliphatic heterocycles. The van der Waals surface area contributed by atoms with Crippen molar-refractivity contribution in [3.8, 4) is 5.75 Å². The van der Waals surface area contributed by atoms with Crippen LogP contribution >= 0.6 is 11.6 Å². The van der Waals surface area contributed by atoms with Gasteiger partial charge in [-0.15, -0.1) is 0 Å². The molecule has 0 fully saturated rings. The van der Waals surface area contributed by atoms with Gasteiger partial charge in [0, 0.05) is 11.6 Å². The van der Waals surface area contributed by atoms with Crippen LogP contribution in [0, 0.1) is 11.6 Å². The van der Waals surface area contributed by atoms with Crippen molar-refractivity contribution in [1.29, 1.82) is 0 Å². The minimum Gasteiger partial charge on any atom is -0.485 e. The van der Waals surface area contributed by atoms with Gasteiger partial charge in [0.05, 0.1) is 10.7 Å². The van der Waals surface area contributed by atoms with Crippen LogP contribution in [0.2, 0.25) is 5.02 Å². The van der Waals surface area contributed by atoms with Crippen molar-refractivity contribution in [3.05, 3.63) is 58.6 Å². The first kappa shape index (κ1) is 12.6. The number of rotatable bonds is 3. The van der Waals surface area contributed by atoms with Crippen LogP contribution in [0.1, 0.15) is 5.56 Å². The number of nitrogens with two attached hydrogens (primary N) is 1. The largest absolute Gasteiger partial charge is 0.485 e. The third kappa shape index (κ3) is 2.71. The van der Waals surface area contributed by atoms with Crippen LogP contribution < -0.4 is 10.5 Å². The molecule has 0 radical (unpaired) electrons. The second-order valence-corrected chi connectivity index (χ2v) is 4.09. The highest BCUT2D eigenvalue weighted by molar-refractivity contribution is 6.32. The molecule has 0 amide bonds. The van der Waals surface area contributed by atoms with Gasteiger partial charge in [-0.3, -0.25) is 0 Å². The van der Waals surface area contributed by atoms with E-state index in [-0.39, 0.29) is 12.2 Å². The maximum absolute atomic E-state index is 13.4. The van der Waals surface area contributed by atoms with Crippen LogP contribution in [0.3, 0.4) is 0 Å². The minimum atomic E-state index is -0.666. The molecule has 0 aliphatic rings. The Morgan fingerprint density at radius 1 is 1.17 bits per heavy atom. The lowest BCUT2D eigenvalue weighted by molar-refractivity contribution is 0.301. The molecule has 0 saturated carbocycles. The quantitative estimate of drug-likeness (QED) is 0.861. The van der Waals surface area contributed by atoms with Gasteiger partial charge in [0.25, 0.3) is 0 Å². The Labute approximate surface area is 108 Å².